The molecule has 1 N–H and O–H groups in total. The Labute approximate surface area is 113 Å². The second-order valence-corrected chi connectivity index (χ2v) is 4.87. The molecule has 1 aromatic heterocycles. The van der Waals surface area contributed by atoms with Crippen molar-refractivity contribution >= 4 is 11.5 Å². The van der Waals surface area contributed by atoms with Crippen LogP contribution < -0.4 is 10.2 Å². The number of piperidine rings is 1. The first-order valence-electron chi connectivity index (χ1n) is 6.76. The number of pyridine rings is 1. The predicted octanol–water partition coefficient (Wildman–Crippen LogP) is 1.82. The first-order valence-corrected chi connectivity index (χ1v) is 6.76. The summed E-state index contributed by atoms with van der Waals surface area (Å²) in [5.41, 5.74) is 0.979. The zero-order chi connectivity index (χ0) is 13.7. The number of nitrogens with one attached hydrogen (secondary N) is 1. The van der Waals surface area contributed by atoms with Crippen molar-refractivity contribution in [2.45, 2.75) is 19.8 Å². The van der Waals surface area contributed by atoms with Gasteiger partial charge in [-0.25, -0.2) is 0 Å². The summed E-state index contributed by atoms with van der Waals surface area (Å²) in [6, 6.07) is 3.26. The summed E-state index contributed by atoms with van der Waals surface area (Å²) in [6.07, 6.45) is 3.91. The molecule has 104 valence electrons. The van der Waals surface area contributed by atoms with Crippen molar-refractivity contribution in [2.24, 2.45) is 5.92 Å². The van der Waals surface area contributed by atoms with Crippen LogP contribution in [0.1, 0.15) is 19.8 Å². The highest BCUT2D eigenvalue weighted by Gasteiger charge is 2.20. The van der Waals surface area contributed by atoms with E-state index in [2.05, 4.69) is 22.1 Å². The minimum absolute atomic E-state index is 0.0919. The fraction of sp³-hybridized carbons (Fsp3) is 0.615. The van der Waals surface area contributed by atoms with Gasteiger partial charge in [-0.05, 0) is 47.8 Å². The van der Waals surface area contributed by atoms with Crippen LogP contribution >= 0.6 is 0 Å². The average Bonchev–Trinajstić information content (AvgIpc) is 2.46. The Morgan fingerprint density at radius 3 is 2.74 bits per heavy atom. The van der Waals surface area contributed by atoms with E-state index in [1.54, 1.807) is 12.3 Å². The average molecular weight is 264 g/mol. The van der Waals surface area contributed by atoms with Crippen molar-refractivity contribution < 1.29 is 4.92 Å². The predicted molar refractivity (Wildman–Crippen MR) is 74.4 cm³/mol. The van der Waals surface area contributed by atoms with Crippen molar-refractivity contribution in [2.75, 3.05) is 31.1 Å². The van der Waals surface area contributed by atoms with Gasteiger partial charge in [0.25, 0.3) is 0 Å². The van der Waals surface area contributed by atoms with Gasteiger partial charge in [-0.3, -0.25) is 0 Å². The highest BCUT2D eigenvalue weighted by molar-refractivity contribution is 5.46. The number of rotatable bonds is 5. The van der Waals surface area contributed by atoms with Crippen molar-refractivity contribution in [3.63, 3.8) is 0 Å². The molecule has 0 radical (unpaired) electrons. The van der Waals surface area contributed by atoms with Crippen LogP contribution in [-0.4, -0.2) is 36.1 Å². The van der Waals surface area contributed by atoms with Gasteiger partial charge in [0.15, 0.2) is 6.20 Å². The van der Waals surface area contributed by atoms with Crippen molar-refractivity contribution in [3.05, 3.63) is 28.4 Å². The van der Waals surface area contributed by atoms with Crippen LogP contribution in [0.25, 0.3) is 0 Å². The van der Waals surface area contributed by atoms with E-state index in [-0.39, 0.29) is 5.82 Å². The molecule has 0 aromatic carbocycles. The Kier molecular flexibility index (Phi) is 4.68. The standard InChI is InChI=1S/C13H20N4O2/c1-2-14-9-11-5-7-16(8-6-11)12-3-4-13(15-10-12)17(18)19/h3-4,10-11,14H,2,5-9H2,1H3. The fourth-order valence-electron chi connectivity index (χ4n) is 2.42. The zero-order valence-corrected chi connectivity index (χ0v) is 11.2. The molecule has 2 rings (SSSR count). The Balaban J connectivity index is 1.88. The summed E-state index contributed by atoms with van der Waals surface area (Å²) in [6.45, 7) is 6.22. The molecule has 0 unspecified atom stereocenters. The number of aromatic nitrogens is 1. The summed E-state index contributed by atoms with van der Waals surface area (Å²) in [5, 5.41) is 13.9. The Bertz CT molecular complexity index is 413. The summed E-state index contributed by atoms with van der Waals surface area (Å²) < 4.78 is 0. The second-order valence-electron chi connectivity index (χ2n) is 4.87. The quantitative estimate of drug-likeness (QED) is 0.648. The molecule has 0 aliphatic carbocycles. The molecule has 1 aliphatic rings. The summed E-state index contributed by atoms with van der Waals surface area (Å²) >= 11 is 0. The summed E-state index contributed by atoms with van der Waals surface area (Å²) in [7, 11) is 0. The van der Waals surface area contributed by atoms with Crippen LogP contribution in [0.4, 0.5) is 11.5 Å². The molecule has 2 heterocycles. The van der Waals surface area contributed by atoms with Crippen LogP contribution in [0, 0.1) is 16.0 Å². The van der Waals surface area contributed by atoms with Gasteiger partial charge in [-0.15, -0.1) is 0 Å². The van der Waals surface area contributed by atoms with Gasteiger partial charge in [0.05, 0.1) is 5.69 Å². The monoisotopic (exact) mass is 264 g/mol. The van der Waals surface area contributed by atoms with Crippen LogP contribution in [-0.2, 0) is 0 Å². The fourth-order valence-corrected chi connectivity index (χ4v) is 2.42. The highest BCUT2D eigenvalue weighted by atomic mass is 16.6. The van der Waals surface area contributed by atoms with Crippen molar-refractivity contribution in [1.29, 1.82) is 0 Å². The van der Waals surface area contributed by atoms with E-state index in [0.717, 1.165) is 50.6 Å². The molecule has 6 nitrogen and oxygen atoms in total. The van der Waals surface area contributed by atoms with Crippen LogP contribution in [0.15, 0.2) is 18.3 Å². The largest absolute Gasteiger partial charge is 0.368 e. The first-order chi connectivity index (χ1) is 9.20. The van der Waals surface area contributed by atoms with Gasteiger partial charge >= 0.3 is 5.82 Å². The van der Waals surface area contributed by atoms with Gasteiger partial charge in [0.1, 0.15) is 0 Å². The molecule has 0 spiro atoms. The second kappa shape index (κ2) is 6.47. The topological polar surface area (TPSA) is 71.3 Å². The zero-order valence-electron chi connectivity index (χ0n) is 11.2. The number of hydrogen-bond acceptors (Lipinski definition) is 5. The maximum atomic E-state index is 10.6. The summed E-state index contributed by atoms with van der Waals surface area (Å²) in [5.74, 6) is 0.646. The van der Waals surface area contributed by atoms with Crippen LogP contribution in [0.5, 0.6) is 0 Å². The Hall–Kier alpha value is -1.69. The third-order valence-corrected chi connectivity index (χ3v) is 3.58. The lowest BCUT2D eigenvalue weighted by molar-refractivity contribution is -0.389. The minimum Gasteiger partial charge on any atom is -0.368 e. The smallest absolute Gasteiger partial charge is 0.363 e. The van der Waals surface area contributed by atoms with E-state index in [0.29, 0.717) is 0 Å². The van der Waals surface area contributed by atoms with E-state index in [1.165, 1.54) is 6.07 Å². The molecule has 1 aliphatic heterocycles. The maximum absolute atomic E-state index is 10.6. The lowest BCUT2D eigenvalue weighted by Crippen LogP contribution is -2.37. The molecule has 0 atom stereocenters. The molecule has 0 bridgehead atoms. The first kappa shape index (κ1) is 13.7. The van der Waals surface area contributed by atoms with Gasteiger partial charge in [0, 0.05) is 19.2 Å². The van der Waals surface area contributed by atoms with Crippen molar-refractivity contribution in [1.82, 2.24) is 10.3 Å². The van der Waals surface area contributed by atoms with E-state index in [9.17, 15) is 10.1 Å². The highest BCUT2D eigenvalue weighted by Crippen LogP contribution is 2.23. The Morgan fingerprint density at radius 1 is 1.47 bits per heavy atom. The van der Waals surface area contributed by atoms with E-state index >= 15 is 0 Å². The van der Waals surface area contributed by atoms with Crippen LogP contribution in [0.3, 0.4) is 0 Å². The maximum Gasteiger partial charge on any atom is 0.363 e. The summed E-state index contributed by atoms with van der Waals surface area (Å²) in [4.78, 5) is 16.2. The Morgan fingerprint density at radius 2 is 2.21 bits per heavy atom. The van der Waals surface area contributed by atoms with E-state index in [4.69, 9.17) is 0 Å². The number of anilines is 1. The molecule has 1 saturated heterocycles. The van der Waals surface area contributed by atoms with E-state index in [1.807, 2.05) is 0 Å². The normalized spacial score (nSPS) is 16.6. The minimum atomic E-state index is -0.466. The number of nitrogens with zero attached hydrogens (tertiary/aromatic N) is 3. The van der Waals surface area contributed by atoms with Crippen LogP contribution in [0.2, 0.25) is 0 Å². The molecule has 1 aromatic rings. The third-order valence-electron chi connectivity index (χ3n) is 3.58. The lowest BCUT2D eigenvalue weighted by atomic mass is 9.96. The van der Waals surface area contributed by atoms with Gasteiger partial charge in [-0.1, -0.05) is 6.92 Å². The molecule has 6 heteroatoms. The molecule has 19 heavy (non-hydrogen) atoms. The van der Waals surface area contributed by atoms with Gasteiger partial charge < -0.3 is 20.3 Å². The van der Waals surface area contributed by atoms with Gasteiger partial charge in [0.2, 0.25) is 0 Å². The van der Waals surface area contributed by atoms with Gasteiger partial charge in [-0.2, -0.15) is 0 Å². The lowest BCUT2D eigenvalue weighted by Gasteiger charge is -2.32. The molecule has 1 fully saturated rings. The SMILES string of the molecule is CCNCC1CCN(c2ccc([N+](=O)[O-])nc2)CC1. The number of hydrogen-bond donors (Lipinski definition) is 1. The van der Waals surface area contributed by atoms with E-state index < -0.39 is 4.92 Å². The molecule has 0 amide bonds. The number of nitro groups is 1. The van der Waals surface area contributed by atoms with Crippen molar-refractivity contribution in [3.8, 4) is 0 Å². The molecular formula is C13H20N4O2. The molecular weight excluding hydrogens is 244 g/mol. The molecule has 0 saturated carbocycles. The third kappa shape index (κ3) is 3.64.